The van der Waals surface area contributed by atoms with Crippen LogP contribution in [0.5, 0.6) is 0 Å². The van der Waals surface area contributed by atoms with Crippen molar-refractivity contribution in [3.05, 3.63) is 47.8 Å². The second kappa shape index (κ2) is 11.8. The molecule has 1 aromatic carbocycles. The molecule has 2 rings (SSSR count). The zero-order chi connectivity index (χ0) is 17.7. The molecular weight excluding hydrogens is 304 g/mol. The van der Waals surface area contributed by atoms with E-state index in [0.717, 1.165) is 17.8 Å². The largest absolute Gasteiger partial charge is 0.236 e. The molecule has 0 atom stereocenters. The summed E-state index contributed by atoms with van der Waals surface area (Å²) in [6.07, 6.45) is 18.1. The molecule has 0 saturated carbocycles. The highest BCUT2D eigenvalue weighted by Crippen LogP contribution is 2.17. The molecule has 0 aliphatic heterocycles. The normalized spacial score (nSPS) is 11.0. The van der Waals surface area contributed by atoms with Crippen molar-refractivity contribution >= 4 is 0 Å². The maximum absolute atomic E-state index is 4.57. The molecule has 2 aromatic rings. The molecule has 2 nitrogen and oxygen atoms in total. The first-order valence-corrected chi connectivity index (χ1v) is 10.2. The Morgan fingerprint density at radius 2 is 1.12 bits per heavy atom. The molecule has 0 radical (unpaired) electrons. The van der Waals surface area contributed by atoms with Gasteiger partial charge >= 0.3 is 0 Å². The zero-order valence-corrected chi connectivity index (χ0v) is 16.1. The summed E-state index contributed by atoms with van der Waals surface area (Å²) in [5, 5.41) is 0. The van der Waals surface area contributed by atoms with Gasteiger partial charge < -0.3 is 0 Å². The summed E-state index contributed by atoms with van der Waals surface area (Å²) in [5.74, 6) is 0.840. The molecule has 0 unspecified atom stereocenters. The Labute approximate surface area is 154 Å². The first-order chi connectivity index (χ1) is 12.3. The summed E-state index contributed by atoms with van der Waals surface area (Å²) in [6, 6.07) is 8.76. The Morgan fingerprint density at radius 1 is 0.600 bits per heavy atom. The summed E-state index contributed by atoms with van der Waals surface area (Å²) in [4.78, 5) is 9.14. The first kappa shape index (κ1) is 19.6. The lowest BCUT2D eigenvalue weighted by Crippen LogP contribution is -1.94. The molecule has 2 heteroatoms. The highest BCUT2D eigenvalue weighted by Gasteiger charge is 2.02. The smallest absolute Gasteiger partial charge is 0.159 e. The van der Waals surface area contributed by atoms with Crippen LogP contribution in [-0.4, -0.2) is 9.97 Å². The summed E-state index contributed by atoms with van der Waals surface area (Å²) >= 11 is 0. The molecule has 1 aromatic heterocycles. The fraction of sp³-hybridized carbons (Fsp3) is 0.565. The van der Waals surface area contributed by atoms with Crippen molar-refractivity contribution < 1.29 is 0 Å². The topological polar surface area (TPSA) is 25.8 Å². The Kier molecular flexibility index (Phi) is 9.25. The molecule has 1 heterocycles. The highest BCUT2D eigenvalue weighted by molar-refractivity contribution is 5.55. The van der Waals surface area contributed by atoms with E-state index in [1.54, 1.807) is 0 Å². The summed E-state index contributed by atoms with van der Waals surface area (Å²) in [5.41, 5.74) is 3.79. The van der Waals surface area contributed by atoms with Gasteiger partial charge in [0.2, 0.25) is 0 Å². The number of nitrogens with zero attached hydrogens (tertiary/aromatic N) is 2. The maximum Gasteiger partial charge on any atom is 0.159 e. The monoisotopic (exact) mass is 338 g/mol. The van der Waals surface area contributed by atoms with Crippen LogP contribution in [0.15, 0.2) is 36.7 Å². The number of aromatic nitrogens is 2. The second-order valence-electron chi connectivity index (χ2n) is 7.09. The molecule has 0 saturated heterocycles. The van der Waals surface area contributed by atoms with Gasteiger partial charge in [-0.05, 0) is 36.8 Å². The van der Waals surface area contributed by atoms with Crippen molar-refractivity contribution in [2.24, 2.45) is 0 Å². The van der Waals surface area contributed by atoms with Crippen LogP contribution in [0.4, 0.5) is 0 Å². The SMILES string of the molecule is CCCCCCCCc1cnc(-c2ccc(CCCCC)cc2)nc1. The van der Waals surface area contributed by atoms with Crippen molar-refractivity contribution in [2.75, 3.05) is 0 Å². The van der Waals surface area contributed by atoms with Crippen LogP contribution >= 0.6 is 0 Å². The lowest BCUT2D eigenvalue weighted by Gasteiger charge is -2.05. The summed E-state index contributed by atoms with van der Waals surface area (Å²) in [6.45, 7) is 4.51. The van der Waals surface area contributed by atoms with Crippen LogP contribution in [-0.2, 0) is 12.8 Å². The number of hydrogen-bond acceptors (Lipinski definition) is 2. The average molecular weight is 339 g/mol. The van der Waals surface area contributed by atoms with E-state index in [1.165, 1.54) is 75.3 Å². The van der Waals surface area contributed by atoms with Gasteiger partial charge in [0, 0.05) is 18.0 Å². The van der Waals surface area contributed by atoms with Crippen molar-refractivity contribution in [3.8, 4) is 11.4 Å². The van der Waals surface area contributed by atoms with Crippen molar-refractivity contribution in [1.82, 2.24) is 9.97 Å². The Bertz CT molecular complexity index is 572. The lowest BCUT2D eigenvalue weighted by molar-refractivity contribution is 0.607. The Morgan fingerprint density at radius 3 is 1.80 bits per heavy atom. The molecule has 0 bridgehead atoms. The third-order valence-electron chi connectivity index (χ3n) is 4.81. The van der Waals surface area contributed by atoms with Gasteiger partial charge in [0.25, 0.3) is 0 Å². The number of aryl methyl sites for hydroxylation is 2. The third-order valence-corrected chi connectivity index (χ3v) is 4.81. The molecule has 136 valence electrons. The van der Waals surface area contributed by atoms with Gasteiger partial charge in [-0.1, -0.05) is 83.1 Å². The molecule has 0 aliphatic carbocycles. The van der Waals surface area contributed by atoms with E-state index >= 15 is 0 Å². The average Bonchev–Trinajstić information content (AvgIpc) is 2.66. The minimum atomic E-state index is 0.840. The zero-order valence-electron chi connectivity index (χ0n) is 16.1. The van der Waals surface area contributed by atoms with Crippen LogP contribution in [0.3, 0.4) is 0 Å². The van der Waals surface area contributed by atoms with E-state index in [2.05, 4.69) is 48.1 Å². The standard InChI is InChI=1S/C23H34N2/c1-3-5-7-8-9-11-13-21-18-24-23(25-19-21)22-16-14-20(15-17-22)12-10-6-4-2/h14-19H,3-13H2,1-2H3. The maximum atomic E-state index is 4.57. The summed E-state index contributed by atoms with van der Waals surface area (Å²) < 4.78 is 0. The van der Waals surface area contributed by atoms with Crippen LogP contribution < -0.4 is 0 Å². The Balaban J connectivity index is 1.79. The number of rotatable bonds is 12. The predicted octanol–water partition coefficient (Wildman–Crippen LogP) is 6.78. The van der Waals surface area contributed by atoms with E-state index in [4.69, 9.17) is 0 Å². The van der Waals surface area contributed by atoms with Crippen LogP contribution in [0.1, 0.15) is 82.8 Å². The van der Waals surface area contributed by atoms with Crippen molar-refractivity contribution in [3.63, 3.8) is 0 Å². The van der Waals surface area contributed by atoms with E-state index in [-0.39, 0.29) is 0 Å². The van der Waals surface area contributed by atoms with Crippen LogP contribution in [0, 0.1) is 0 Å². The van der Waals surface area contributed by atoms with Crippen LogP contribution in [0.25, 0.3) is 11.4 Å². The Hall–Kier alpha value is -1.70. The summed E-state index contributed by atoms with van der Waals surface area (Å²) in [7, 11) is 0. The van der Waals surface area contributed by atoms with Crippen molar-refractivity contribution in [1.29, 1.82) is 0 Å². The van der Waals surface area contributed by atoms with Gasteiger partial charge in [-0.15, -0.1) is 0 Å². The predicted molar refractivity (Wildman–Crippen MR) is 108 cm³/mol. The molecule has 0 amide bonds. The number of benzene rings is 1. The fourth-order valence-corrected chi connectivity index (χ4v) is 3.14. The minimum Gasteiger partial charge on any atom is -0.236 e. The van der Waals surface area contributed by atoms with Crippen molar-refractivity contribution in [2.45, 2.75) is 84.5 Å². The lowest BCUT2D eigenvalue weighted by atomic mass is 10.0. The van der Waals surface area contributed by atoms with E-state index in [9.17, 15) is 0 Å². The van der Waals surface area contributed by atoms with Gasteiger partial charge in [0.05, 0.1) is 0 Å². The van der Waals surface area contributed by atoms with E-state index in [0.29, 0.717) is 0 Å². The van der Waals surface area contributed by atoms with E-state index in [1.807, 2.05) is 12.4 Å². The molecule has 0 N–H and O–H groups in total. The molecule has 25 heavy (non-hydrogen) atoms. The highest BCUT2D eigenvalue weighted by atomic mass is 14.9. The first-order valence-electron chi connectivity index (χ1n) is 10.2. The minimum absolute atomic E-state index is 0.840. The van der Waals surface area contributed by atoms with Crippen LogP contribution in [0.2, 0.25) is 0 Å². The second-order valence-corrected chi connectivity index (χ2v) is 7.09. The van der Waals surface area contributed by atoms with Gasteiger partial charge in [-0.3, -0.25) is 0 Å². The van der Waals surface area contributed by atoms with Gasteiger partial charge in [0.1, 0.15) is 0 Å². The molecule has 0 fully saturated rings. The fourth-order valence-electron chi connectivity index (χ4n) is 3.14. The number of unbranched alkanes of at least 4 members (excludes halogenated alkanes) is 7. The van der Waals surface area contributed by atoms with Gasteiger partial charge in [0.15, 0.2) is 5.82 Å². The molecule has 0 aliphatic rings. The molecule has 0 spiro atoms. The quantitative estimate of drug-likeness (QED) is 0.399. The third kappa shape index (κ3) is 7.37. The number of hydrogen-bond donors (Lipinski definition) is 0. The van der Waals surface area contributed by atoms with Gasteiger partial charge in [-0.25, -0.2) is 9.97 Å². The molecular formula is C23H34N2. The van der Waals surface area contributed by atoms with Gasteiger partial charge in [-0.2, -0.15) is 0 Å². The van der Waals surface area contributed by atoms with E-state index < -0.39 is 0 Å².